The van der Waals surface area contributed by atoms with Crippen LogP contribution in [0.2, 0.25) is 0 Å². The lowest BCUT2D eigenvalue weighted by molar-refractivity contribution is -0.141. The second-order valence-corrected chi connectivity index (χ2v) is 4.85. The molecule has 5 heteroatoms. The zero-order valence-electron chi connectivity index (χ0n) is 10.5. The number of anilines is 1. The molecule has 5 nitrogen and oxygen atoms in total. The fourth-order valence-electron chi connectivity index (χ4n) is 2.66. The van der Waals surface area contributed by atoms with Crippen molar-refractivity contribution >= 4 is 22.6 Å². The molecular formula is C14H15N3O2. The first kappa shape index (κ1) is 11.9. The molecule has 98 valence electrons. The minimum atomic E-state index is -0.704. The monoisotopic (exact) mass is 257 g/mol. The maximum absolute atomic E-state index is 11.1. The standard InChI is InChI=1S/C14H15N3O2/c18-14(19)10-2-1-7-17(9-10)13-4-6-16-12-8-15-5-3-11(12)13/h3-6,8,10H,1-2,7,9H2,(H,18,19). The highest BCUT2D eigenvalue weighted by Crippen LogP contribution is 2.28. The summed E-state index contributed by atoms with van der Waals surface area (Å²) in [6, 6.07) is 3.88. The number of rotatable bonds is 2. The van der Waals surface area contributed by atoms with Crippen LogP contribution in [0, 0.1) is 5.92 Å². The normalized spacial score (nSPS) is 19.6. The van der Waals surface area contributed by atoms with Crippen LogP contribution >= 0.6 is 0 Å². The lowest BCUT2D eigenvalue weighted by Crippen LogP contribution is -2.38. The molecular weight excluding hydrogens is 242 g/mol. The van der Waals surface area contributed by atoms with Crippen molar-refractivity contribution in [2.45, 2.75) is 12.8 Å². The van der Waals surface area contributed by atoms with Crippen molar-refractivity contribution in [2.75, 3.05) is 18.0 Å². The fraction of sp³-hybridized carbons (Fsp3) is 0.357. The Morgan fingerprint density at radius 2 is 2.26 bits per heavy atom. The molecule has 0 bridgehead atoms. The third kappa shape index (κ3) is 2.23. The summed E-state index contributed by atoms with van der Waals surface area (Å²) in [4.78, 5) is 21.6. The van der Waals surface area contributed by atoms with E-state index in [2.05, 4.69) is 14.9 Å². The lowest BCUT2D eigenvalue weighted by Gasteiger charge is -2.33. The summed E-state index contributed by atoms with van der Waals surface area (Å²) in [7, 11) is 0. The minimum absolute atomic E-state index is 0.279. The van der Waals surface area contributed by atoms with E-state index < -0.39 is 5.97 Å². The Morgan fingerprint density at radius 1 is 1.37 bits per heavy atom. The molecule has 2 aromatic rings. The SMILES string of the molecule is O=C(O)C1CCCN(c2ccnc3cnccc23)C1. The summed E-state index contributed by atoms with van der Waals surface area (Å²) in [5.74, 6) is -0.983. The Balaban J connectivity index is 1.97. The van der Waals surface area contributed by atoms with Crippen LogP contribution in [0.25, 0.3) is 10.9 Å². The number of hydrogen-bond acceptors (Lipinski definition) is 4. The van der Waals surface area contributed by atoms with Crippen LogP contribution < -0.4 is 4.90 Å². The van der Waals surface area contributed by atoms with Crippen LogP contribution in [0.4, 0.5) is 5.69 Å². The van der Waals surface area contributed by atoms with Crippen LogP contribution in [0.1, 0.15) is 12.8 Å². The molecule has 2 aromatic heterocycles. The quantitative estimate of drug-likeness (QED) is 0.890. The Kier molecular flexibility index (Phi) is 3.03. The van der Waals surface area contributed by atoms with E-state index in [0.717, 1.165) is 36.0 Å². The second kappa shape index (κ2) is 4.84. The van der Waals surface area contributed by atoms with E-state index in [4.69, 9.17) is 5.11 Å². The molecule has 3 heterocycles. The highest BCUT2D eigenvalue weighted by molar-refractivity contribution is 5.91. The van der Waals surface area contributed by atoms with Crippen LogP contribution in [0.15, 0.2) is 30.7 Å². The van der Waals surface area contributed by atoms with Crippen molar-refractivity contribution in [3.05, 3.63) is 30.7 Å². The summed E-state index contributed by atoms with van der Waals surface area (Å²) >= 11 is 0. The molecule has 0 amide bonds. The van der Waals surface area contributed by atoms with Crippen LogP contribution in [-0.4, -0.2) is 34.1 Å². The second-order valence-electron chi connectivity index (χ2n) is 4.85. The average Bonchev–Trinajstić information content (AvgIpc) is 2.47. The van der Waals surface area contributed by atoms with Crippen molar-refractivity contribution in [3.63, 3.8) is 0 Å². The van der Waals surface area contributed by atoms with E-state index in [9.17, 15) is 4.79 Å². The van der Waals surface area contributed by atoms with Gasteiger partial charge in [0.1, 0.15) is 0 Å². The molecule has 0 aromatic carbocycles. The van der Waals surface area contributed by atoms with Gasteiger partial charge in [-0.1, -0.05) is 0 Å². The first-order valence-electron chi connectivity index (χ1n) is 6.42. The third-order valence-electron chi connectivity index (χ3n) is 3.63. The van der Waals surface area contributed by atoms with Gasteiger partial charge in [0, 0.05) is 36.6 Å². The van der Waals surface area contributed by atoms with Gasteiger partial charge in [-0.3, -0.25) is 14.8 Å². The summed E-state index contributed by atoms with van der Waals surface area (Å²) in [5, 5.41) is 10.2. The molecule has 0 radical (unpaired) electrons. The van der Waals surface area contributed by atoms with Crippen molar-refractivity contribution in [3.8, 4) is 0 Å². The van der Waals surface area contributed by atoms with Crippen LogP contribution in [0.5, 0.6) is 0 Å². The van der Waals surface area contributed by atoms with Gasteiger partial charge < -0.3 is 10.0 Å². The largest absolute Gasteiger partial charge is 0.481 e. The maximum Gasteiger partial charge on any atom is 0.308 e. The van der Waals surface area contributed by atoms with Gasteiger partial charge in [-0.25, -0.2) is 0 Å². The predicted molar refractivity (Wildman–Crippen MR) is 72.1 cm³/mol. The predicted octanol–water partition coefficient (Wildman–Crippen LogP) is 1.93. The highest BCUT2D eigenvalue weighted by atomic mass is 16.4. The number of carboxylic acid groups (broad SMARTS) is 1. The number of nitrogens with zero attached hydrogens (tertiary/aromatic N) is 3. The first-order chi connectivity index (χ1) is 9.25. The molecule has 1 atom stereocenters. The molecule has 1 saturated heterocycles. The number of fused-ring (bicyclic) bond motifs is 1. The Bertz CT molecular complexity index is 609. The zero-order valence-corrected chi connectivity index (χ0v) is 10.5. The molecule has 0 spiro atoms. The van der Waals surface area contributed by atoms with Gasteiger partial charge in [0.25, 0.3) is 0 Å². The first-order valence-corrected chi connectivity index (χ1v) is 6.42. The van der Waals surface area contributed by atoms with E-state index in [-0.39, 0.29) is 5.92 Å². The Hall–Kier alpha value is -2.17. The third-order valence-corrected chi connectivity index (χ3v) is 3.63. The topological polar surface area (TPSA) is 66.3 Å². The molecule has 1 unspecified atom stereocenters. The fourth-order valence-corrected chi connectivity index (χ4v) is 2.66. The number of aromatic nitrogens is 2. The molecule has 1 N–H and O–H groups in total. The molecule has 1 fully saturated rings. The van der Waals surface area contributed by atoms with E-state index in [1.54, 1.807) is 18.6 Å². The number of carboxylic acids is 1. The van der Waals surface area contributed by atoms with E-state index in [1.807, 2.05) is 12.1 Å². The minimum Gasteiger partial charge on any atom is -0.481 e. The van der Waals surface area contributed by atoms with Gasteiger partial charge >= 0.3 is 5.97 Å². The Morgan fingerprint density at radius 3 is 3.11 bits per heavy atom. The van der Waals surface area contributed by atoms with Gasteiger partial charge in [0.05, 0.1) is 17.6 Å². The number of aliphatic carboxylic acids is 1. The van der Waals surface area contributed by atoms with Gasteiger partial charge in [-0.15, -0.1) is 0 Å². The summed E-state index contributed by atoms with van der Waals surface area (Å²) in [5.41, 5.74) is 1.90. The van der Waals surface area contributed by atoms with Gasteiger partial charge in [0.2, 0.25) is 0 Å². The number of carbonyl (C=O) groups is 1. The van der Waals surface area contributed by atoms with Crippen molar-refractivity contribution in [1.82, 2.24) is 9.97 Å². The molecule has 3 rings (SSSR count). The molecule has 19 heavy (non-hydrogen) atoms. The smallest absolute Gasteiger partial charge is 0.308 e. The Labute approximate surface area is 110 Å². The highest BCUT2D eigenvalue weighted by Gasteiger charge is 2.26. The van der Waals surface area contributed by atoms with Gasteiger partial charge in [-0.05, 0) is 25.0 Å². The van der Waals surface area contributed by atoms with E-state index in [1.165, 1.54) is 0 Å². The zero-order chi connectivity index (χ0) is 13.2. The molecule has 0 saturated carbocycles. The van der Waals surface area contributed by atoms with E-state index >= 15 is 0 Å². The summed E-state index contributed by atoms with van der Waals surface area (Å²) in [6.45, 7) is 1.46. The number of piperidine rings is 1. The molecule has 1 aliphatic heterocycles. The number of hydrogen-bond donors (Lipinski definition) is 1. The van der Waals surface area contributed by atoms with Crippen molar-refractivity contribution in [1.29, 1.82) is 0 Å². The molecule has 0 aliphatic carbocycles. The molecule has 1 aliphatic rings. The van der Waals surface area contributed by atoms with Crippen molar-refractivity contribution < 1.29 is 9.90 Å². The number of pyridine rings is 2. The lowest BCUT2D eigenvalue weighted by atomic mass is 9.97. The van der Waals surface area contributed by atoms with Crippen molar-refractivity contribution in [2.24, 2.45) is 5.92 Å². The van der Waals surface area contributed by atoms with Gasteiger partial charge in [0.15, 0.2) is 0 Å². The summed E-state index contributed by atoms with van der Waals surface area (Å²) in [6.07, 6.45) is 6.90. The maximum atomic E-state index is 11.1. The van der Waals surface area contributed by atoms with Crippen LogP contribution in [-0.2, 0) is 4.79 Å². The van der Waals surface area contributed by atoms with Crippen LogP contribution in [0.3, 0.4) is 0 Å². The summed E-state index contributed by atoms with van der Waals surface area (Å²) < 4.78 is 0. The van der Waals surface area contributed by atoms with Gasteiger partial charge in [-0.2, -0.15) is 0 Å². The average molecular weight is 257 g/mol. The van der Waals surface area contributed by atoms with E-state index in [0.29, 0.717) is 6.54 Å².